The number of hydrazone groups is 1. The van der Waals surface area contributed by atoms with E-state index in [2.05, 4.69) is 36.4 Å². The van der Waals surface area contributed by atoms with Crippen LogP contribution in [-0.2, 0) is 0 Å². The van der Waals surface area contributed by atoms with Crippen molar-refractivity contribution in [2.75, 3.05) is 25.9 Å². The number of nitrogen functional groups attached to an aromatic ring is 1. The normalized spacial score (nSPS) is 16.1. The molecule has 32 heavy (non-hydrogen) atoms. The van der Waals surface area contributed by atoms with E-state index in [9.17, 15) is 0 Å². The molecule has 2 aromatic carbocycles. The first-order chi connectivity index (χ1) is 15.6. The van der Waals surface area contributed by atoms with Crippen LogP contribution in [0.4, 0.5) is 5.95 Å². The molecule has 0 radical (unpaired) electrons. The van der Waals surface area contributed by atoms with Crippen LogP contribution < -0.4 is 43.8 Å². The summed E-state index contributed by atoms with van der Waals surface area (Å²) in [5.41, 5.74) is 22.9. The Morgan fingerprint density at radius 3 is 2.72 bits per heavy atom. The standard InChI is InChI=1S/C18H24N10S2.CH5N/c19-17(26-28-21)14-10(11-2-1-3-12-15(11)25-18(20)24-12)4-5-13(16(14)29-22)30-27-9-6-7-23-8-9;1-2/h1-5,9,23,27-28H,6-8,21-22H2,(H2,19,26)(H3,20,24,25);2H2,1H3. The zero-order chi connectivity index (χ0) is 23.1. The van der Waals surface area contributed by atoms with Crippen molar-refractivity contribution in [3.05, 3.63) is 35.9 Å². The molecule has 3 aromatic rings. The topological polar surface area (TPSA) is 207 Å². The number of H-pyrrole nitrogens is 1. The fourth-order valence-electron chi connectivity index (χ4n) is 3.54. The number of rotatable bonds is 7. The zero-order valence-electron chi connectivity index (χ0n) is 17.7. The summed E-state index contributed by atoms with van der Waals surface area (Å²) in [6.07, 6.45) is 1.08. The van der Waals surface area contributed by atoms with Gasteiger partial charge in [-0.3, -0.25) is 9.86 Å². The summed E-state index contributed by atoms with van der Waals surface area (Å²) in [5, 5.41) is 13.5. The number of aromatic nitrogens is 2. The maximum absolute atomic E-state index is 6.30. The van der Waals surface area contributed by atoms with E-state index in [0.717, 1.165) is 63.4 Å². The lowest BCUT2D eigenvalue weighted by molar-refractivity contribution is 0.692. The number of hydrazine groups is 1. The summed E-state index contributed by atoms with van der Waals surface area (Å²) in [6, 6.07) is 10.2. The summed E-state index contributed by atoms with van der Waals surface area (Å²) in [4.78, 5) is 9.25. The first-order valence-electron chi connectivity index (χ1n) is 9.90. The first-order valence-corrected chi connectivity index (χ1v) is 11.6. The van der Waals surface area contributed by atoms with E-state index in [1.165, 1.54) is 19.0 Å². The van der Waals surface area contributed by atoms with E-state index in [1.807, 2.05) is 30.3 Å². The van der Waals surface area contributed by atoms with Crippen molar-refractivity contribution in [2.45, 2.75) is 22.3 Å². The monoisotopic (exact) mass is 475 g/mol. The van der Waals surface area contributed by atoms with E-state index in [-0.39, 0.29) is 5.84 Å². The number of imidazole rings is 1. The molecule has 0 aliphatic carbocycles. The molecule has 1 aliphatic rings. The highest BCUT2D eigenvalue weighted by molar-refractivity contribution is 8.00. The van der Waals surface area contributed by atoms with Gasteiger partial charge in [0.2, 0.25) is 0 Å². The van der Waals surface area contributed by atoms with Crippen molar-refractivity contribution in [1.29, 1.82) is 0 Å². The molecule has 1 aliphatic heterocycles. The highest BCUT2D eigenvalue weighted by Gasteiger charge is 2.22. The molecule has 0 bridgehead atoms. The zero-order valence-corrected chi connectivity index (χ0v) is 19.3. The molecule has 14 N–H and O–H groups in total. The van der Waals surface area contributed by atoms with Crippen LogP contribution in [-0.4, -0.2) is 42.0 Å². The minimum absolute atomic E-state index is 0.228. The van der Waals surface area contributed by atoms with Crippen LogP contribution in [0.2, 0.25) is 0 Å². The van der Waals surface area contributed by atoms with Gasteiger partial charge in [-0.2, -0.15) is 0 Å². The predicted octanol–water partition coefficient (Wildman–Crippen LogP) is 0.395. The molecule has 0 spiro atoms. The molecule has 2 heterocycles. The number of hydrogen-bond acceptors (Lipinski definition) is 11. The number of nitrogens with zero attached hydrogens (tertiary/aromatic N) is 2. The van der Waals surface area contributed by atoms with Crippen LogP contribution >= 0.6 is 23.9 Å². The van der Waals surface area contributed by atoms with Crippen LogP contribution in [0.5, 0.6) is 0 Å². The Morgan fingerprint density at radius 1 is 1.22 bits per heavy atom. The average Bonchev–Trinajstić information content (AvgIpc) is 3.47. The van der Waals surface area contributed by atoms with Gasteiger partial charge in [0, 0.05) is 33.5 Å². The molecule has 1 atom stereocenters. The number of benzene rings is 2. The van der Waals surface area contributed by atoms with Crippen molar-refractivity contribution >= 4 is 46.7 Å². The largest absolute Gasteiger partial charge is 0.382 e. The lowest BCUT2D eigenvalue weighted by Gasteiger charge is -2.18. The quantitative estimate of drug-likeness (QED) is 0.0750. The summed E-state index contributed by atoms with van der Waals surface area (Å²) in [5.74, 6) is 5.98. The Bertz CT molecular complexity index is 1080. The molecule has 0 amide bonds. The lowest BCUT2D eigenvalue weighted by atomic mass is 9.97. The van der Waals surface area contributed by atoms with Gasteiger partial charge < -0.3 is 27.5 Å². The third-order valence-electron chi connectivity index (χ3n) is 4.90. The maximum Gasteiger partial charge on any atom is 0.198 e. The molecule has 11 nitrogen and oxygen atoms in total. The van der Waals surface area contributed by atoms with Gasteiger partial charge in [-0.15, -0.1) is 5.10 Å². The van der Waals surface area contributed by atoms with Gasteiger partial charge in [0.15, 0.2) is 11.8 Å². The fourth-order valence-corrected chi connectivity index (χ4v) is 5.15. The molecule has 1 unspecified atom stereocenters. The second-order valence-corrected chi connectivity index (χ2v) is 8.32. The molecule has 1 aromatic heterocycles. The Balaban J connectivity index is 0.00000141. The van der Waals surface area contributed by atoms with Crippen LogP contribution in [0.25, 0.3) is 22.2 Å². The van der Waals surface area contributed by atoms with Gasteiger partial charge >= 0.3 is 0 Å². The fraction of sp³-hybridized carbons (Fsp3) is 0.263. The lowest BCUT2D eigenvalue weighted by Crippen LogP contribution is -2.26. The van der Waals surface area contributed by atoms with E-state index in [4.69, 9.17) is 22.4 Å². The predicted molar refractivity (Wildman–Crippen MR) is 134 cm³/mol. The van der Waals surface area contributed by atoms with Gasteiger partial charge in [0.05, 0.1) is 11.0 Å². The molecule has 4 rings (SSSR count). The van der Waals surface area contributed by atoms with Gasteiger partial charge in [-0.1, -0.05) is 18.2 Å². The summed E-state index contributed by atoms with van der Waals surface area (Å²) >= 11 is 2.65. The maximum atomic E-state index is 6.30. The Kier molecular flexibility index (Phi) is 8.58. The van der Waals surface area contributed by atoms with Crippen molar-refractivity contribution < 1.29 is 0 Å². The Labute approximate surface area is 194 Å². The molecule has 13 heteroatoms. The Morgan fingerprint density at radius 2 is 2.03 bits per heavy atom. The molecule has 0 saturated carbocycles. The van der Waals surface area contributed by atoms with Crippen LogP contribution in [0.3, 0.4) is 0 Å². The number of para-hydroxylation sites is 1. The van der Waals surface area contributed by atoms with Crippen LogP contribution in [0.15, 0.2) is 45.2 Å². The highest BCUT2D eigenvalue weighted by atomic mass is 32.2. The average molecular weight is 476 g/mol. The third kappa shape index (κ3) is 5.10. The number of fused-ring (bicyclic) bond motifs is 1. The number of anilines is 1. The molecule has 1 saturated heterocycles. The number of hydrogen-bond donors (Lipinski definition) is 9. The first kappa shape index (κ1) is 24.1. The molecular formula is C19H29N11S2. The number of nitrogens with one attached hydrogen (secondary N) is 4. The number of amidine groups is 1. The van der Waals surface area contributed by atoms with Crippen molar-refractivity contribution in [1.82, 2.24) is 25.5 Å². The second kappa shape index (κ2) is 11.4. The van der Waals surface area contributed by atoms with Gasteiger partial charge in [0.25, 0.3) is 0 Å². The summed E-state index contributed by atoms with van der Waals surface area (Å²) < 4.78 is 3.49. The third-order valence-corrected chi connectivity index (χ3v) is 6.70. The second-order valence-electron chi connectivity index (χ2n) is 6.79. The number of aromatic amines is 1. The van der Waals surface area contributed by atoms with Crippen molar-refractivity contribution in [3.63, 3.8) is 0 Å². The summed E-state index contributed by atoms with van der Waals surface area (Å²) in [7, 11) is 1.50. The van der Waals surface area contributed by atoms with Crippen LogP contribution in [0, 0.1) is 0 Å². The smallest absolute Gasteiger partial charge is 0.198 e. The van der Waals surface area contributed by atoms with Crippen molar-refractivity contribution in [2.24, 2.45) is 27.6 Å². The minimum Gasteiger partial charge on any atom is -0.382 e. The Hall–Kier alpha value is -2.52. The van der Waals surface area contributed by atoms with E-state index in [0.29, 0.717) is 17.6 Å². The number of nitrogens with two attached hydrogens (primary N) is 5. The minimum atomic E-state index is 0.228. The van der Waals surface area contributed by atoms with E-state index in [1.54, 1.807) is 0 Å². The van der Waals surface area contributed by atoms with Gasteiger partial charge in [-0.25, -0.2) is 16.4 Å². The van der Waals surface area contributed by atoms with E-state index < -0.39 is 0 Å². The molecular weight excluding hydrogens is 446 g/mol. The van der Waals surface area contributed by atoms with E-state index >= 15 is 0 Å². The molecule has 172 valence electrons. The van der Waals surface area contributed by atoms with Gasteiger partial charge in [0.1, 0.15) is 0 Å². The SMILES string of the molecule is CN.NN/N=C(\N)c1c(-c2cccc3[nH]c(N)nc23)ccc(SNC2CCNC2)c1SN. The van der Waals surface area contributed by atoms with Gasteiger partial charge in [-0.05, 0) is 61.6 Å². The molecule has 1 fully saturated rings. The van der Waals surface area contributed by atoms with Crippen molar-refractivity contribution in [3.8, 4) is 11.1 Å². The summed E-state index contributed by atoms with van der Waals surface area (Å²) in [6.45, 7) is 1.95. The highest BCUT2D eigenvalue weighted by Crippen LogP contribution is 2.38. The van der Waals surface area contributed by atoms with Crippen LogP contribution in [0.1, 0.15) is 12.0 Å².